The van der Waals surface area contributed by atoms with Crippen LogP contribution in [0.1, 0.15) is 32.3 Å². The van der Waals surface area contributed by atoms with Crippen LogP contribution >= 0.6 is 11.8 Å². The van der Waals surface area contributed by atoms with Crippen molar-refractivity contribution >= 4 is 22.8 Å². The van der Waals surface area contributed by atoms with Crippen molar-refractivity contribution in [3.63, 3.8) is 0 Å². The average molecular weight is 276 g/mol. The van der Waals surface area contributed by atoms with E-state index < -0.39 is 0 Å². The number of amides is 1. The van der Waals surface area contributed by atoms with E-state index in [4.69, 9.17) is 0 Å². The number of nitrogens with zero attached hydrogens (tertiary/aromatic N) is 1. The number of carbonyl (C=O) groups excluding carboxylic acids is 1. The third-order valence-electron chi connectivity index (χ3n) is 3.21. The fourth-order valence-corrected chi connectivity index (χ4v) is 2.99. The van der Waals surface area contributed by atoms with Crippen molar-refractivity contribution in [2.75, 3.05) is 6.54 Å². The molecule has 1 N–H and O–H groups in total. The second kappa shape index (κ2) is 6.24. The van der Waals surface area contributed by atoms with Crippen LogP contribution in [0.2, 0.25) is 0 Å². The first-order valence-corrected chi connectivity index (χ1v) is 7.53. The first-order chi connectivity index (χ1) is 9.08. The monoisotopic (exact) mass is 276 g/mol. The molecule has 0 spiro atoms. The van der Waals surface area contributed by atoms with E-state index >= 15 is 0 Å². The van der Waals surface area contributed by atoms with Crippen LogP contribution in [0.4, 0.5) is 0 Å². The number of carbonyl (C=O) groups is 1. The van der Waals surface area contributed by atoms with Crippen LogP contribution in [0.3, 0.4) is 0 Å². The van der Waals surface area contributed by atoms with Gasteiger partial charge in [-0.1, -0.05) is 62.9 Å². The van der Waals surface area contributed by atoms with Gasteiger partial charge in [0.2, 0.25) is 5.91 Å². The highest BCUT2D eigenvalue weighted by Gasteiger charge is 2.32. The molecule has 102 valence electrons. The van der Waals surface area contributed by atoms with Gasteiger partial charge in [-0.25, -0.2) is 0 Å². The van der Waals surface area contributed by atoms with Crippen LogP contribution in [0.15, 0.2) is 35.3 Å². The first kappa shape index (κ1) is 14.1. The number of aliphatic imine (C=N–C) groups is 1. The number of thioether (sulfide) groups is 1. The summed E-state index contributed by atoms with van der Waals surface area (Å²) in [6, 6.07) is 10.3. The van der Waals surface area contributed by atoms with Crippen molar-refractivity contribution in [1.82, 2.24) is 5.32 Å². The van der Waals surface area contributed by atoms with Crippen molar-refractivity contribution in [3.05, 3.63) is 35.9 Å². The third kappa shape index (κ3) is 3.60. The molecule has 2 atom stereocenters. The lowest BCUT2D eigenvalue weighted by molar-refractivity contribution is -0.119. The van der Waals surface area contributed by atoms with Gasteiger partial charge in [-0.15, -0.1) is 0 Å². The Labute approximate surface area is 118 Å². The minimum absolute atomic E-state index is 0.00535. The summed E-state index contributed by atoms with van der Waals surface area (Å²) in [5, 5.41) is 3.64. The Morgan fingerprint density at radius 1 is 1.26 bits per heavy atom. The standard InChI is InChI=1S/C15H20N2OS/c1-10(2)13-14(18)17-15(19-13)16-9-11(3)12-7-5-4-6-8-12/h4-8,10-11,13H,9H2,1-3H3,(H,16,17,18). The Balaban J connectivity index is 1.95. The van der Waals surface area contributed by atoms with Gasteiger partial charge in [0.25, 0.3) is 0 Å². The molecule has 1 aliphatic heterocycles. The lowest BCUT2D eigenvalue weighted by Gasteiger charge is -2.09. The molecule has 3 nitrogen and oxygen atoms in total. The summed E-state index contributed by atoms with van der Waals surface area (Å²) in [4.78, 5) is 16.3. The predicted molar refractivity (Wildman–Crippen MR) is 81.5 cm³/mol. The highest BCUT2D eigenvalue weighted by molar-refractivity contribution is 8.15. The van der Waals surface area contributed by atoms with Gasteiger partial charge >= 0.3 is 0 Å². The molecular formula is C15H20N2OS. The van der Waals surface area contributed by atoms with Crippen LogP contribution < -0.4 is 5.32 Å². The molecular weight excluding hydrogens is 256 g/mol. The molecule has 2 rings (SSSR count). The number of amidine groups is 1. The summed E-state index contributed by atoms with van der Waals surface area (Å²) < 4.78 is 0. The summed E-state index contributed by atoms with van der Waals surface area (Å²) in [6.45, 7) is 6.98. The molecule has 0 bridgehead atoms. The highest BCUT2D eigenvalue weighted by Crippen LogP contribution is 2.26. The molecule has 4 heteroatoms. The van der Waals surface area contributed by atoms with Crippen molar-refractivity contribution in [2.45, 2.75) is 31.9 Å². The molecule has 1 amide bonds. The van der Waals surface area contributed by atoms with E-state index in [1.54, 1.807) is 11.8 Å². The van der Waals surface area contributed by atoms with Crippen molar-refractivity contribution < 1.29 is 4.79 Å². The van der Waals surface area contributed by atoms with Gasteiger partial charge in [0.15, 0.2) is 5.17 Å². The second-order valence-electron chi connectivity index (χ2n) is 5.23. The zero-order valence-electron chi connectivity index (χ0n) is 11.6. The molecule has 0 radical (unpaired) electrons. The molecule has 2 unspecified atom stereocenters. The lowest BCUT2D eigenvalue weighted by atomic mass is 10.0. The smallest absolute Gasteiger partial charge is 0.239 e. The molecule has 1 heterocycles. The van der Waals surface area contributed by atoms with Gasteiger partial charge in [-0.2, -0.15) is 0 Å². The maximum absolute atomic E-state index is 11.7. The zero-order valence-corrected chi connectivity index (χ0v) is 12.4. The molecule has 1 aromatic rings. The third-order valence-corrected chi connectivity index (χ3v) is 4.68. The summed E-state index contributed by atoms with van der Waals surface area (Å²) >= 11 is 1.55. The summed E-state index contributed by atoms with van der Waals surface area (Å²) in [5.41, 5.74) is 1.28. The quantitative estimate of drug-likeness (QED) is 0.918. The van der Waals surface area contributed by atoms with Crippen LogP contribution in [0.25, 0.3) is 0 Å². The number of hydrogen-bond acceptors (Lipinski definition) is 3. The molecule has 1 fully saturated rings. The van der Waals surface area contributed by atoms with E-state index in [0.29, 0.717) is 18.4 Å². The molecule has 1 aromatic carbocycles. The van der Waals surface area contributed by atoms with Crippen molar-refractivity contribution in [1.29, 1.82) is 0 Å². The summed E-state index contributed by atoms with van der Waals surface area (Å²) in [7, 11) is 0. The fraction of sp³-hybridized carbons (Fsp3) is 0.467. The molecule has 1 saturated heterocycles. The Morgan fingerprint density at radius 2 is 1.95 bits per heavy atom. The SMILES string of the molecule is CC(CN=C1NC(=O)C(C(C)C)S1)c1ccccc1. The van der Waals surface area contributed by atoms with E-state index in [-0.39, 0.29) is 11.2 Å². The van der Waals surface area contributed by atoms with E-state index in [1.165, 1.54) is 5.56 Å². The van der Waals surface area contributed by atoms with Crippen LogP contribution in [-0.2, 0) is 4.79 Å². The molecule has 0 aliphatic carbocycles. The van der Waals surface area contributed by atoms with E-state index in [2.05, 4.69) is 43.2 Å². The number of nitrogens with one attached hydrogen (secondary N) is 1. The number of rotatable bonds is 4. The molecule has 19 heavy (non-hydrogen) atoms. The van der Waals surface area contributed by atoms with Gasteiger partial charge < -0.3 is 5.32 Å². The topological polar surface area (TPSA) is 41.5 Å². The van der Waals surface area contributed by atoms with Crippen LogP contribution in [0.5, 0.6) is 0 Å². The highest BCUT2D eigenvalue weighted by atomic mass is 32.2. The summed E-state index contributed by atoms with van der Waals surface area (Å²) in [5.74, 6) is 0.791. The Hall–Kier alpha value is -1.29. The minimum Gasteiger partial charge on any atom is -0.304 e. The Morgan fingerprint density at radius 3 is 2.53 bits per heavy atom. The second-order valence-corrected chi connectivity index (χ2v) is 6.36. The Bertz CT molecular complexity index is 470. The van der Waals surface area contributed by atoms with Crippen molar-refractivity contribution in [2.24, 2.45) is 10.9 Å². The predicted octanol–water partition coefficient (Wildman–Crippen LogP) is 3.03. The van der Waals surface area contributed by atoms with Crippen LogP contribution in [0, 0.1) is 5.92 Å². The van der Waals surface area contributed by atoms with E-state index in [0.717, 1.165) is 5.17 Å². The molecule has 1 aliphatic rings. The lowest BCUT2D eigenvalue weighted by Crippen LogP contribution is -2.27. The zero-order chi connectivity index (χ0) is 13.8. The molecule has 0 saturated carbocycles. The van der Waals surface area contributed by atoms with Gasteiger partial charge in [-0.05, 0) is 11.5 Å². The number of hydrogen-bond donors (Lipinski definition) is 1. The van der Waals surface area contributed by atoms with Gasteiger partial charge in [0.05, 0.1) is 5.25 Å². The maximum Gasteiger partial charge on any atom is 0.239 e. The average Bonchev–Trinajstić information content (AvgIpc) is 2.78. The van der Waals surface area contributed by atoms with Crippen molar-refractivity contribution in [3.8, 4) is 0 Å². The normalized spacial score (nSPS) is 22.8. The minimum atomic E-state index is 0.00535. The first-order valence-electron chi connectivity index (χ1n) is 6.65. The Kier molecular flexibility index (Phi) is 4.64. The molecule has 0 aromatic heterocycles. The van der Waals surface area contributed by atoms with Crippen LogP contribution in [-0.4, -0.2) is 22.9 Å². The maximum atomic E-state index is 11.7. The summed E-state index contributed by atoms with van der Waals surface area (Å²) in [6.07, 6.45) is 0. The largest absolute Gasteiger partial charge is 0.304 e. The van der Waals surface area contributed by atoms with Gasteiger partial charge in [0.1, 0.15) is 0 Å². The van der Waals surface area contributed by atoms with E-state index in [1.807, 2.05) is 18.2 Å². The van der Waals surface area contributed by atoms with E-state index in [9.17, 15) is 4.79 Å². The fourth-order valence-electron chi connectivity index (χ4n) is 2.00. The van der Waals surface area contributed by atoms with Gasteiger partial charge in [-0.3, -0.25) is 9.79 Å². The number of benzene rings is 1. The van der Waals surface area contributed by atoms with Gasteiger partial charge in [0, 0.05) is 12.5 Å².